The van der Waals surface area contributed by atoms with Gasteiger partial charge < -0.3 is 29.8 Å². The molecule has 11 heteroatoms. The summed E-state index contributed by atoms with van der Waals surface area (Å²) in [7, 11) is 1.54. The Hall–Kier alpha value is -2.75. The fourth-order valence-corrected chi connectivity index (χ4v) is 4.74. The molecule has 1 amide bonds. The number of nitrogens with zero attached hydrogens (tertiary/aromatic N) is 2. The van der Waals surface area contributed by atoms with E-state index in [1.807, 2.05) is 12.1 Å². The third kappa shape index (κ3) is 6.52. The minimum atomic E-state index is -0.627. The lowest BCUT2D eigenvalue weighted by molar-refractivity contribution is 0.0438. The van der Waals surface area contributed by atoms with Gasteiger partial charge in [-0.2, -0.15) is 4.98 Å². The number of rotatable bonds is 8. The van der Waals surface area contributed by atoms with Crippen molar-refractivity contribution in [2.24, 2.45) is 0 Å². The van der Waals surface area contributed by atoms with Crippen molar-refractivity contribution in [1.29, 1.82) is 0 Å². The predicted octanol–water partition coefficient (Wildman–Crippen LogP) is 5.15. The smallest absolute Gasteiger partial charge is 0.408 e. The Kier molecular flexibility index (Phi) is 8.12. The van der Waals surface area contributed by atoms with Crippen LogP contribution in [0.2, 0.25) is 10.4 Å². The van der Waals surface area contributed by atoms with Crippen LogP contribution >= 0.6 is 23.2 Å². The van der Waals surface area contributed by atoms with Gasteiger partial charge in [-0.15, -0.1) is 0 Å². The summed E-state index contributed by atoms with van der Waals surface area (Å²) in [5.41, 5.74) is 3.07. The molecule has 1 aliphatic rings. The summed E-state index contributed by atoms with van der Waals surface area (Å²) < 4.78 is 16.6. The van der Waals surface area contributed by atoms with Crippen molar-refractivity contribution in [2.75, 3.05) is 25.6 Å². The number of hydrogen-bond donors (Lipinski definition) is 3. The van der Waals surface area contributed by atoms with Crippen LogP contribution in [0.4, 0.5) is 10.6 Å². The molecular formula is C25H31Cl2N5O4. The number of aryl methyl sites for hydroxylation is 1. The summed E-state index contributed by atoms with van der Waals surface area (Å²) in [5.74, 6) is 0.666. The Morgan fingerprint density at radius 2 is 2.00 bits per heavy atom. The van der Waals surface area contributed by atoms with E-state index in [4.69, 9.17) is 37.4 Å². The summed E-state index contributed by atoms with van der Waals surface area (Å²) in [6.45, 7) is 5.65. The van der Waals surface area contributed by atoms with E-state index >= 15 is 0 Å². The first-order valence-electron chi connectivity index (χ1n) is 11.8. The highest BCUT2D eigenvalue weighted by atomic mass is 35.5. The number of aromatic nitrogens is 3. The Bertz CT molecular complexity index is 1230. The largest absolute Gasteiger partial charge is 0.485 e. The molecule has 3 N–H and O–H groups in total. The van der Waals surface area contributed by atoms with E-state index in [-0.39, 0.29) is 35.4 Å². The fraction of sp³-hybridized carbons (Fsp3) is 0.480. The van der Waals surface area contributed by atoms with Crippen molar-refractivity contribution < 1.29 is 19.0 Å². The molecule has 0 saturated heterocycles. The summed E-state index contributed by atoms with van der Waals surface area (Å²) in [5, 5.41) is 7.53. The van der Waals surface area contributed by atoms with E-state index < -0.39 is 17.7 Å². The van der Waals surface area contributed by atoms with Crippen molar-refractivity contribution in [3.05, 3.63) is 46.0 Å². The van der Waals surface area contributed by atoms with Gasteiger partial charge in [0.15, 0.2) is 16.7 Å². The quantitative estimate of drug-likeness (QED) is 0.270. The third-order valence-electron chi connectivity index (χ3n) is 5.75. The molecule has 0 bridgehead atoms. The Morgan fingerprint density at radius 3 is 2.75 bits per heavy atom. The maximum Gasteiger partial charge on any atom is 0.408 e. The SMILES string of the molecule is COC[C@H](COc1c(Cl)nc(Cl)nc1N[C@@H]1CCc2[nH]c3ccccc3c2C1)NC(=O)OC(C)(C)C. The second kappa shape index (κ2) is 11.1. The number of H-pyrrole nitrogens is 1. The second-order valence-electron chi connectivity index (χ2n) is 9.78. The van der Waals surface area contributed by atoms with Crippen LogP contribution in [-0.4, -0.2) is 59.1 Å². The molecule has 1 aliphatic carbocycles. The molecule has 0 fully saturated rings. The number of halogens is 2. The molecule has 4 rings (SSSR count). The maximum atomic E-state index is 12.2. The molecule has 2 heterocycles. The van der Waals surface area contributed by atoms with Crippen LogP contribution in [0.5, 0.6) is 5.75 Å². The van der Waals surface area contributed by atoms with Gasteiger partial charge in [-0.3, -0.25) is 0 Å². The average molecular weight is 536 g/mol. The molecular weight excluding hydrogens is 505 g/mol. The monoisotopic (exact) mass is 535 g/mol. The van der Waals surface area contributed by atoms with Gasteiger partial charge in [-0.05, 0) is 63.3 Å². The van der Waals surface area contributed by atoms with Gasteiger partial charge in [-0.25, -0.2) is 9.78 Å². The summed E-state index contributed by atoms with van der Waals surface area (Å²) in [6.07, 6.45) is 2.04. The number of carbonyl (C=O) groups is 1. The second-order valence-corrected chi connectivity index (χ2v) is 10.5. The van der Waals surface area contributed by atoms with Crippen LogP contribution in [0.1, 0.15) is 38.4 Å². The molecule has 2 aromatic heterocycles. The van der Waals surface area contributed by atoms with Gasteiger partial charge in [-0.1, -0.05) is 29.8 Å². The number of benzene rings is 1. The highest BCUT2D eigenvalue weighted by Crippen LogP contribution is 2.35. The highest BCUT2D eigenvalue weighted by Gasteiger charge is 2.26. The van der Waals surface area contributed by atoms with Crippen LogP contribution in [0.3, 0.4) is 0 Å². The van der Waals surface area contributed by atoms with E-state index in [1.54, 1.807) is 20.8 Å². The Labute approximate surface area is 220 Å². The zero-order valence-corrected chi connectivity index (χ0v) is 22.3. The van der Waals surface area contributed by atoms with Gasteiger partial charge in [0.05, 0.1) is 12.6 Å². The number of para-hydroxylation sites is 1. The van der Waals surface area contributed by atoms with Crippen LogP contribution in [0.15, 0.2) is 24.3 Å². The Morgan fingerprint density at radius 1 is 1.22 bits per heavy atom. The zero-order valence-electron chi connectivity index (χ0n) is 20.8. The lowest BCUT2D eigenvalue weighted by Gasteiger charge is -2.26. The standard InChI is InChI=1S/C25H31Cl2N5O4/c1-25(2,3)36-24(33)29-15(12-34-4)13-35-20-21(26)31-23(27)32-22(20)28-14-9-10-19-17(11-14)16-7-5-6-8-18(16)30-19/h5-8,14-15,30H,9-13H2,1-4H3,(H,29,33)(H,28,31,32)/t14-,15-/m1/s1. The number of aromatic amines is 1. The van der Waals surface area contributed by atoms with Crippen LogP contribution in [-0.2, 0) is 22.3 Å². The maximum absolute atomic E-state index is 12.2. The molecule has 36 heavy (non-hydrogen) atoms. The molecule has 9 nitrogen and oxygen atoms in total. The van der Waals surface area contributed by atoms with Crippen molar-refractivity contribution in [2.45, 2.75) is 57.7 Å². The van der Waals surface area contributed by atoms with Gasteiger partial charge in [0.1, 0.15) is 12.2 Å². The first kappa shape index (κ1) is 26.3. The van der Waals surface area contributed by atoms with E-state index in [2.05, 4.69) is 37.7 Å². The van der Waals surface area contributed by atoms with Gasteiger partial charge in [0.25, 0.3) is 0 Å². The first-order valence-corrected chi connectivity index (χ1v) is 12.6. The molecule has 2 atom stereocenters. The van der Waals surface area contributed by atoms with Crippen LogP contribution < -0.4 is 15.4 Å². The summed E-state index contributed by atoms with van der Waals surface area (Å²) in [6, 6.07) is 7.90. The van der Waals surface area contributed by atoms with Gasteiger partial charge in [0.2, 0.25) is 5.28 Å². The molecule has 0 spiro atoms. The molecule has 0 radical (unpaired) electrons. The number of nitrogens with one attached hydrogen (secondary N) is 3. The van der Waals surface area contributed by atoms with Crippen LogP contribution in [0.25, 0.3) is 10.9 Å². The lowest BCUT2D eigenvalue weighted by Crippen LogP contribution is -2.44. The zero-order chi connectivity index (χ0) is 25.9. The third-order valence-corrected chi connectivity index (χ3v) is 6.18. The van der Waals surface area contributed by atoms with Crippen molar-refractivity contribution >= 4 is 46.0 Å². The number of amides is 1. The van der Waals surface area contributed by atoms with E-state index in [1.165, 1.54) is 23.8 Å². The molecule has 0 unspecified atom stereocenters. The number of alkyl carbamates (subject to hydrolysis) is 1. The topological polar surface area (TPSA) is 110 Å². The van der Waals surface area contributed by atoms with Crippen molar-refractivity contribution in [3.63, 3.8) is 0 Å². The van der Waals surface area contributed by atoms with Crippen molar-refractivity contribution in [3.8, 4) is 5.75 Å². The number of carbonyl (C=O) groups excluding carboxylic acids is 1. The molecule has 194 valence electrons. The van der Waals surface area contributed by atoms with E-state index in [9.17, 15) is 4.79 Å². The molecule has 1 aromatic carbocycles. The fourth-order valence-electron chi connectivity index (χ4n) is 4.30. The van der Waals surface area contributed by atoms with E-state index in [0.29, 0.717) is 5.82 Å². The number of methoxy groups -OCH3 is 1. The summed E-state index contributed by atoms with van der Waals surface area (Å²) in [4.78, 5) is 24.2. The van der Waals surface area contributed by atoms with E-state index in [0.717, 1.165) is 24.8 Å². The Balaban J connectivity index is 1.48. The normalized spacial score (nSPS) is 16.3. The lowest BCUT2D eigenvalue weighted by atomic mass is 9.91. The predicted molar refractivity (Wildman–Crippen MR) is 140 cm³/mol. The highest BCUT2D eigenvalue weighted by molar-refractivity contribution is 6.33. The number of anilines is 1. The van der Waals surface area contributed by atoms with Crippen LogP contribution in [0, 0.1) is 0 Å². The van der Waals surface area contributed by atoms with Gasteiger partial charge >= 0.3 is 6.09 Å². The summed E-state index contributed by atoms with van der Waals surface area (Å²) >= 11 is 12.5. The minimum Gasteiger partial charge on any atom is -0.485 e. The molecule has 0 saturated carbocycles. The number of ether oxygens (including phenoxy) is 3. The van der Waals surface area contributed by atoms with Gasteiger partial charge in [0, 0.05) is 29.7 Å². The number of fused-ring (bicyclic) bond motifs is 3. The molecule has 0 aliphatic heterocycles. The first-order chi connectivity index (χ1) is 17.1. The van der Waals surface area contributed by atoms with Crippen molar-refractivity contribution in [1.82, 2.24) is 20.3 Å². The minimum absolute atomic E-state index is 0.0127. The molecule has 3 aromatic rings. The average Bonchev–Trinajstić information content (AvgIpc) is 3.15. The number of hydrogen-bond acceptors (Lipinski definition) is 7.